The zero-order valence-electron chi connectivity index (χ0n) is 10.1. The highest BCUT2D eigenvalue weighted by molar-refractivity contribution is 5.34. The van der Waals surface area contributed by atoms with Crippen molar-refractivity contribution in [1.82, 2.24) is 5.32 Å². The van der Waals surface area contributed by atoms with Crippen molar-refractivity contribution in [3.8, 4) is 11.8 Å². The summed E-state index contributed by atoms with van der Waals surface area (Å²) in [6.45, 7) is 3.91. The molecule has 1 atom stereocenters. The second-order valence-electron chi connectivity index (χ2n) is 4.73. The van der Waals surface area contributed by atoms with Gasteiger partial charge in [-0.05, 0) is 37.1 Å². The molecule has 0 spiro atoms. The number of nitrogens with zero attached hydrogens (tertiary/aromatic N) is 1. The molecule has 2 rings (SSSR count). The van der Waals surface area contributed by atoms with Crippen molar-refractivity contribution in [2.45, 2.75) is 25.8 Å². The Hall–Kier alpha value is -1.53. The van der Waals surface area contributed by atoms with Crippen LogP contribution < -0.4 is 10.1 Å². The molecule has 1 aromatic rings. The average Bonchev–Trinajstić information content (AvgIpc) is 3.18. The molecular weight excluding hydrogens is 212 g/mol. The first-order valence-corrected chi connectivity index (χ1v) is 6.14. The molecule has 3 nitrogen and oxygen atoms in total. The number of ether oxygens (including phenoxy) is 1. The highest BCUT2D eigenvalue weighted by atomic mass is 16.5. The molecule has 1 aliphatic rings. The molecule has 0 aromatic heterocycles. The molecule has 90 valence electrons. The fourth-order valence-corrected chi connectivity index (χ4v) is 1.58. The summed E-state index contributed by atoms with van der Waals surface area (Å²) < 4.78 is 5.67. The Labute approximate surface area is 102 Å². The lowest BCUT2D eigenvalue weighted by atomic mass is 10.2. The van der Waals surface area contributed by atoms with Crippen LogP contribution >= 0.6 is 0 Å². The van der Waals surface area contributed by atoms with Crippen molar-refractivity contribution in [3.63, 3.8) is 0 Å². The van der Waals surface area contributed by atoms with Gasteiger partial charge < -0.3 is 10.1 Å². The maximum Gasteiger partial charge on any atom is 0.119 e. The van der Waals surface area contributed by atoms with Crippen LogP contribution in [0.25, 0.3) is 0 Å². The Balaban J connectivity index is 1.70. The van der Waals surface area contributed by atoms with Crippen molar-refractivity contribution in [2.24, 2.45) is 5.92 Å². The van der Waals surface area contributed by atoms with Crippen molar-refractivity contribution in [1.29, 1.82) is 5.26 Å². The molecule has 0 bridgehead atoms. The molecule has 0 heterocycles. The molecule has 1 aromatic carbocycles. The number of nitrogens with one attached hydrogen (secondary N) is 1. The Morgan fingerprint density at radius 3 is 2.71 bits per heavy atom. The van der Waals surface area contributed by atoms with Crippen LogP contribution in [-0.4, -0.2) is 19.2 Å². The van der Waals surface area contributed by atoms with Gasteiger partial charge in [-0.3, -0.25) is 0 Å². The summed E-state index contributed by atoms with van der Waals surface area (Å²) in [6, 6.07) is 10.1. The summed E-state index contributed by atoms with van der Waals surface area (Å²) >= 11 is 0. The van der Waals surface area contributed by atoms with Crippen LogP contribution in [0.4, 0.5) is 0 Å². The van der Waals surface area contributed by atoms with E-state index in [1.54, 1.807) is 12.1 Å². The van der Waals surface area contributed by atoms with E-state index in [2.05, 4.69) is 18.3 Å². The Morgan fingerprint density at radius 2 is 2.12 bits per heavy atom. The fourth-order valence-electron chi connectivity index (χ4n) is 1.58. The maximum absolute atomic E-state index is 8.68. The van der Waals surface area contributed by atoms with E-state index < -0.39 is 0 Å². The molecule has 3 heteroatoms. The zero-order valence-corrected chi connectivity index (χ0v) is 10.1. The van der Waals surface area contributed by atoms with E-state index in [-0.39, 0.29) is 0 Å². The van der Waals surface area contributed by atoms with E-state index in [9.17, 15) is 0 Å². The smallest absolute Gasteiger partial charge is 0.119 e. The van der Waals surface area contributed by atoms with E-state index in [1.165, 1.54) is 12.8 Å². The van der Waals surface area contributed by atoms with Crippen molar-refractivity contribution < 1.29 is 4.74 Å². The molecule has 0 saturated heterocycles. The zero-order chi connectivity index (χ0) is 12.1. The lowest BCUT2D eigenvalue weighted by Crippen LogP contribution is -2.26. The standard InChI is InChI=1S/C14H18N2O/c1-11(9-16-13-4-5-13)10-17-14-6-2-12(8-15)3-7-14/h2-3,6-7,11,13,16H,4-5,9-10H2,1H3. The molecule has 0 amide bonds. The van der Waals surface area contributed by atoms with E-state index in [4.69, 9.17) is 10.00 Å². The first-order valence-electron chi connectivity index (χ1n) is 6.14. The minimum Gasteiger partial charge on any atom is -0.493 e. The van der Waals surface area contributed by atoms with E-state index >= 15 is 0 Å². The van der Waals surface area contributed by atoms with Gasteiger partial charge in [0, 0.05) is 18.5 Å². The van der Waals surface area contributed by atoms with Gasteiger partial charge in [-0.25, -0.2) is 0 Å². The molecule has 0 radical (unpaired) electrons. The van der Waals surface area contributed by atoms with E-state index in [0.29, 0.717) is 18.1 Å². The van der Waals surface area contributed by atoms with Gasteiger partial charge in [-0.1, -0.05) is 6.92 Å². The van der Waals surface area contributed by atoms with Gasteiger partial charge in [-0.15, -0.1) is 0 Å². The van der Waals surface area contributed by atoms with Gasteiger partial charge in [0.1, 0.15) is 5.75 Å². The summed E-state index contributed by atoms with van der Waals surface area (Å²) in [5.41, 5.74) is 0.667. The summed E-state index contributed by atoms with van der Waals surface area (Å²) in [4.78, 5) is 0. The monoisotopic (exact) mass is 230 g/mol. The summed E-state index contributed by atoms with van der Waals surface area (Å²) in [5.74, 6) is 1.34. The number of nitriles is 1. The van der Waals surface area contributed by atoms with E-state index in [0.717, 1.165) is 18.3 Å². The van der Waals surface area contributed by atoms with Gasteiger partial charge in [0.25, 0.3) is 0 Å². The van der Waals surface area contributed by atoms with Crippen LogP contribution in [0.1, 0.15) is 25.3 Å². The average molecular weight is 230 g/mol. The molecule has 1 saturated carbocycles. The second-order valence-corrected chi connectivity index (χ2v) is 4.73. The van der Waals surface area contributed by atoms with Crippen molar-refractivity contribution >= 4 is 0 Å². The SMILES string of the molecule is CC(CNC1CC1)COc1ccc(C#N)cc1. The van der Waals surface area contributed by atoms with Gasteiger partial charge in [0.05, 0.1) is 18.2 Å². The van der Waals surface area contributed by atoms with Gasteiger partial charge in [-0.2, -0.15) is 5.26 Å². The largest absolute Gasteiger partial charge is 0.493 e. The Bertz CT molecular complexity index is 390. The van der Waals surface area contributed by atoms with Crippen LogP contribution in [0.15, 0.2) is 24.3 Å². The first-order chi connectivity index (χ1) is 8.28. The molecular formula is C14H18N2O. The Kier molecular flexibility index (Phi) is 4.00. The third kappa shape index (κ3) is 4.08. The molecule has 17 heavy (non-hydrogen) atoms. The third-order valence-corrected chi connectivity index (χ3v) is 2.85. The van der Waals surface area contributed by atoms with Crippen LogP contribution in [-0.2, 0) is 0 Å². The van der Waals surface area contributed by atoms with Crippen LogP contribution in [0.2, 0.25) is 0 Å². The molecule has 1 N–H and O–H groups in total. The number of rotatable bonds is 6. The quantitative estimate of drug-likeness (QED) is 0.815. The number of benzene rings is 1. The topological polar surface area (TPSA) is 45.0 Å². The van der Waals surface area contributed by atoms with Crippen molar-refractivity contribution in [3.05, 3.63) is 29.8 Å². The second kappa shape index (κ2) is 5.70. The number of hydrogen-bond acceptors (Lipinski definition) is 3. The first kappa shape index (κ1) is 11.9. The molecule has 1 fully saturated rings. The minimum absolute atomic E-state index is 0.506. The summed E-state index contributed by atoms with van der Waals surface area (Å²) in [7, 11) is 0. The minimum atomic E-state index is 0.506. The van der Waals surface area contributed by atoms with Gasteiger partial charge in [0.15, 0.2) is 0 Å². The number of hydrogen-bond donors (Lipinski definition) is 1. The third-order valence-electron chi connectivity index (χ3n) is 2.85. The van der Waals surface area contributed by atoms with Crippen LogP contribution in [0.5, 0.6) is 5.75 Å². The highest BCUT2D eigenvalue weighted by Crippen LogP contribution is 2.19. The van der Waals surface area contributed by atoms with Gasteiger partial charge >= 0.3 is 0 Å². The molecule has 0 aliphatic heterocycles. The lowest BCUT2D eigenvalue weighted by Gasteiger charge is -2.13. The van der Waals surface area contributed by atoms with Gasteiger partial charge in [0.2, 0.25) is 0 Å². The molecule has 1 aliphatic carbocycles. The summed E-state index contributed by atoms with van der Waals surface area (Å²) in [5, 5.41) is 12.2. The Morgan fingerprint density at radius 1 is 1.41 bits per heavy atom. The normalized spacial score (nSPS) is 16.2. The summed E-state index contributed by atoms with van der Waals surface area (Å²) in [6.07, 6.45) is 2.65. The fraction of sp³-hybridized carbons (Fsp3) is 0.500. The van der Waals surface area contributed by atoms with Crippen LogP contribution in [0.3, 0.4) is 0 Å². The van der Waals surface area contributed by atoms with Crippen molar-refractivity contribution in [2.75, 3.05) is 13.2 Å². The molecule has 1 unspecified atom stereocenters. The van der Waals surface area contributed by atoms with E-state index in [1.807, 2.05) is 12.1 Å². The maximum atomic E-state index is 8.68. The van der Waals surface area contributed by atoms with Crippen LogP contribution in [0, 0.1) is 17.2 Å². The lowest BCUT2D eigenvalue weighted by molar-refractivity contribution is 0.255. The highest BCUT2D eigenvalue weighted by Gasteiger charge is 2.20. The predicted molar refractivity (Wildman–Crippen MR) is 66.8 cm³/mol. The predicted octanol–water partition coefficient (Wildman–Crippen LogP) is 2.33.